The van der Waals surface area contributed by atoms with Crippen LogP contribution in [0.25, 0.3) is 0 Å². The summed E-state index contributed by atoms with van der Waals surface area (Å²) in [6.45, 7) is 4.14. The van der Waals surface area contributed by atoms with Crippen LogP contribution in [0.4, 0.5) is 0 Å². The highest BCUT2D eigenvalue weighted by Gasteiger charge is 2.63. The van der Waals surface area contributed by atoms with E-state index in [0.717, 1.165) is 17.7 Å². The van der Waals surface area contributed by atoms with Crippen molar-refractivity contribution in [2.45, 2.75) is 41.9 Å². The lowest BCUT2D eigenvalue weighted by molar-refractivity contribution is 0.501. The van der Waals surface area contributed by atoms with Crippen molar-refractivity contribution in [1.29, 1.82) is 0 Å². The van der Waals surface area contributed by atoms with E-state index >= 15 is 0 Å². The molecule has 16 heavy (non-hydrogen) atoms. The van der Waals surface area contributed by atoms with E-state index in [0.29, 0.717) is 0 Å². The van der Waals surface area contributed by atoms with E-state index in [9.17, 15) is 8.42 Å². The van der Waals surface area contributed by atoms with Gasteiger partial charge in [-0.3, -0.25) is 8.42 Å². The third-order valence-corrected chi connectivity index (χ3v) is 8.79. The Morgan fingerprint density at radius 1 is 1.38 bits per heavy atom. The minimum absolute atomic E-state index is 0.0334. The van der Waals surface area contributed by atoms with Crippen LogP contribution in [-0.4, -0.2) is 23.7 Å². The fraction of sp³-hybridized carbons (Fsp3) is 0.667. The molecule has 0 aromatic carbocycles. The van der Waals surface area contributed by atoms with Gasteiger partial charge in [-0.1, -0.05) is 32.1 Å². The molecule has 0 aromatic rings. The topological polar surface area (TPSA) is 34.1 Å². The van der Waals surface area contributed by atoms with E-state index in [1.54, 1.807) is 0 Å². The molecule has 3 aliphatic heterocycles. The predicted molar refractivity (Wildman–Crippen MR) is 67.9 cm³/mol. The molecule has 4 heteroatoms. The van der Waals surface area contributed by atoms with Crippen LogP contribution in [-0.2, 0) is 21.6 Å². The molecular formula is C12H16O2S2. The van der Waals surface area contributed by atoms with Gasteiger partial charge in [0.1, 0.15) is 0 Å². The van der Waals surface area contributed by atoms with Crippen molar-refractivity contribution in [3.05, 3.63) is 23.1 Å². The van der Waals surface area contributed by atoms with E-state index in [1.165, 1.54) is 0 Å². The highest BCUT2D eigenvalue weighted by molar-refractivity contribution is 7.94. The summed E-state index contributed by atoms with van der Waals surface area (Å²) >= 11 is 0. The second kappa shape index (κ2) is 3.39. The molecule has 3 heterocycles. The molecule has 0 spiro atoms. The van der Waals surface area contributed by atoms with E-state index in [-0.39, 0.29) is 21.2 Å². The number of allylic oxidation sites excluding steroid dienone is 2. The molecule has 1 fully saturated rings. The number of hydrogen-bond donors (Lipinski definition) is 0. The Labute approximate surface area is 101 Å². The van der Waals surface area contributed by atoms with Gasteiger partial charge in [-0.2, -0.15) is 0 Å². The normalized spacial score (nSPS) is 53.1. The summed E-state index contributed by atoms with van der Waals surface area (Å²) in [5.74, 6) is 0.254. The molecule has 0 amide bonds. The summed E-state index contributed by atoms with van der Waals surface area (Å²) in [6.07, 6.45) is 8.08. The fourth-order valence-corrected chi connectivity index (χ4v) is 7.95. The third-order valence-electron chi connectivity index (χ3n) is 4.20. The summed E-state index contributed by atoms with van der Waals surface area (Å²) in [4.78, 5) is 1.07. The molecule has 0 saturated carbocycles. The molecule has 0 aromatic heterocycles. The maximum atomic E-state index is 12.4. The second-order valence-corrected chi connectivity index (χ2v) is 8.27. The largest absolute Gasteiger partial charge is 0.258 e. The van der Waals surface area contributed by atoms with Crippen LogP contribution in [0, 0.1) is 5.92 Å². The molecule has 2 unspecified atom stereocenters. The minimum atomic E-state index is -0.897. The van der Waals surface area contributed by atoms with Crippen molar-refractivity contribution in [1.82, 2.24) is 0 Å². The summed E-state index contributed by atoms with van der Waals surface area (Å²) in [6, 6.07) is 0. The average molecular weight is 256 g/mol. The van der Waals surface area contributed by atoms with Gasteiger partial charge in [0.15, 0.2) is 0 Å². The highest BCUT2D eigenvalue weighted by atomic mass is 32.2. The molecule has 0 radical (unpaired) electrons. The Balaban J connectivity index is 2.11. The zero-order valence-electron chi connectivity index (χ0n) is 9.51. The highest BCUT2D eigenvalue weighted by Crippen LogP contribution is 2.54. The lowest BCUT2D eigenvalue weighted by Crippen LogP contribution is -2.35. The first-order chi connectivity index (χ1) is 7.65. The molecule has 0 aliphatic carbocycles. The number of hydrogen-bond acceptors (Lipinski definition) is 2. The molecule has 88 valence electrons. The van der Waals surface area contributed by atoms with Crippen molar-refractivity contribution >= 4 is 21.6 Å². The molecular weight excluding hydrogens is 240 g/mol. The van der Waals surface area contributed by atoms with E-state index in [2.05, 4.69) is 26.0 Å². The Morgan fingerprint density at radius 2 is 2.12 bits per heavy atom. The minimum Gasteiger partial charge on any atom is -0.258 e. The van der Waals surface area contributed by atoms with Gasteiger partial charge in [0.2, 0.25) is 0 Å². The first-order valence-corrected chi connectivity index (χ1v) is 8.29. The average Bonchev–Trinajstić information content (AvgIpc) is 2.87. The summed E-state index contributed by atoms with van der Waals surface area (Å²) in [5.41, 5.74) is 0. The number of rotatable bonds is 2. The Kier molecular flexibility index (Phi) is 2.31. The summed E-state index contributed by atoms with van der Waals surface area (Å²) in [5, 5.41) is 0.131. The van der Waals surface area contributed by atoms with Gasteiger partial charge in [-0.05, 0) is 12.8 Å². The maximum Gasteiger partial charge on any atom is 0.0717 e. The molecule has 0 N–H and O–H groups in total. The lowest BCUT2D eigenvalue weighted by Gasteiger charge is -2.27. The van der Waals surface area contributed by atoms with Crippen LogP contribution in [0.5, 0.6) is 0 Å². The molecule has 3 aliphatic rings. The summed E-state index contributed by atoms with van der Waals surface area (Å²) < 4.78 is 24.4. The standard InChI is InChI=1S/C12H16O2S2/c1-3-8-7-9-11(15(8)13)10-5-6-12(9,4-2)16(10)14/h5-7,9-11H,3-4H2,1-2H3/t9-,10+,11+,12-,15?,16?/m0/s1. The Hall–Kier alpha value is -0.220. The van der Waals surface area contributed by atoms with Crippen molar-refractivity contribution in [2.75, 3.05) is 0 Å². The van der Waals surface area contributed by atoms with Gasteiger partial charge in [-0.15, -0.1) is 0 Å². The third kappa shape index (κ3) is 1.03. The van der Waals surface area contributed by atoms with Crippen LogP contribution in [0.2, 0.25) is 0 Å². The Morgan fingerprint density at radius 3 is 2.75 bits per heavy atom. The van der Waals surface area contributed by atoms with Crippen LogP contribution in [0.15, 0.2) is 23.1 Å². The van der Waals surface area contributed by atoms with Crippen molar-refractivity contribution in [3.8, 4) is 0 Å². The first-order valence-electron chi connectivity index (χ1n) is 5.87. The van der Waals surface area contributed by atoms with E-state index in [4.69, 9.17) is 0 Å². The number of fused-ring (bicyclic) bond motifs is 5. The van der Waals surface area contributed by atoms with Crippen LogP contribution < -0.4 is 0 Å². The van der Waals surface area contributed by atoms with Crippen LogP contribution in [0.1, 0.15) is 26.7 Å². The van der Waals surface area contributed by atoms with Gasteiger partial charge in [0.25, 0.3) is 0 Å². The molecule has 2 bridgehead atoms. The lowest BCUT2D eigenvalue weighted by atomic mass is 9.81. The molecule has 6 atom stereocenters. The fourth-order valence-electron chi connectivity index (χ4n) is 3.30. The quantitative estimate of drug-likeness (QED) is 0.707. The van der Waals surface area contributed by atoms with Gasteiger partial charge >= 0.3 is 0 Å². The zero-order chi connectivity index (χ0) is 11.5. The molecule has 3 rings (SSSR count). The SMILES string of the molecule is CCC1=C[C@H]2[C@H]([C@H]3C=C[C@]2(CC)S3=O)S1=O. The van der Waals surface area contributed by atoms with Gasteiger partial charge in [0, 0.05) is 21.6 Å². The zero-order valence-corrected chi connectivity index (χ0v) is 11.1. The first kappa shape index (κ1) is 10.9. The van der Waals surface area contributed by atoms with Crippen molar-refractivity contribution in [3.63, 3.8) is 0 Å². The predicted octanol–water partition coefficient (Wildman–Crippen LogP) is 1.88. The van der Waals surface area contributed by atoms with Gasteiger partial charge < -0.3 is 0 Å². The van der Waals surface area contributed by atoms with Crippen molar-refractivity contribution in [2.24, 2.45) is 5.92 Å². The second-order valence-electron chi connectivity index (χ2n) is 4.70. The van der Waals surface area contributed by atoms with Crippen LogP contribution in [0.3, 0.4) is 0 Å². The van der Waals surface area contributed by atoms with Crippen LogP contribution >= 0.6 is 0 Å². The monoisotopic (exact) mass is 256 g/mol. The Bertz CT molecular complexity index is 452. The van der Waals surface area contributed by atoms with E-state index < -0.39 is 21.6 Å². The maximum absolute atomic E-state index is 12.4. The summed E-state index contributed by atoms with van der Waals surface area (Å²) in [7, 11) is -1.75. The molecule has 1 saturated heterocycles. The van der Waals surface area contributed by atoms with E-state index in [1.807, 2.05) is 6.08 Å². The molecule has 2 nitrogen and oxygen atoms in total. The smallest absolute Gasteiger partial charge is 0.0717 e. The van der Waals surface area contributed by atoms with Gasteiger partial charge in [-0.25, -0.2) is 0 Å². The van der Waals surface area contributed by atoms with Crippen molar-refractivity contribution < 1.29 is 8.42 Å². The van der Waals surface area contributed by atoms with Gasteiger partial charge in [0.05, 0.1) is 26.0 Å².